The molecule has 2 N–H and O–H groups in total. The summed E-state index contributed by atoms with van der Waals surface area (Å²) in [7, 11) is 0. The van der Waals surface area contributed by atoms with Gasteiger partial charge in [0.1, 0.15) is 11.6 Å². The third-order valence-corrected chi connectivity index (χ3v) is 2.73. The SMILES string of the molecule is CCn1cc(CCN)c2cc(F)cc(F)c21. The lowest BCUT2D eigenvalue weighted by Gasteiger charge is -2.01. The minimum absolute atomic E-state index is 0.465. The minimum Gasteiger partial charge on any atom is -0.345 e. The molecule has 0 spiro atoms. The number of aryl methyl sites for hydroxylation is 1. The molecule has 2 nitrogen and oxygen atoms in total. The summed E-state index contributed by atoms with van der Waals surface area (Å²) in [6, 6.07) is 2.29. The Bertz CT molecular complexity index is 517. The van der Waals surface area contributed by atoms with Gasteiger partial charge in [-0.15, -0.1) is 0 Å². The predicted octanol–water partition coefficient (Wildman–Crippen LogP) is 2.44. The van der Waals surface area contributed by atoms with Crippen LogP contribution < -0.4 is 5.73 Å². The Kier molecular flexibility index (Phi) is 2.92. The van der Waals surface area contributed by atoms with Crippen molar-refractivity contribution in [3.05, 3.63) is 35.5 Å². The van der Waals surface area contributed by atoms with Gasteiger partial charge in [0.05, 0.1) is 5.52 Å². The number of nitrogens with zero attached hydrogens (tertiary/aromatic N) is 1. The van der Waals surface area contributed by atoms with Crippen molar-refractivity contribution in [1.82, 2.24) is 4.57 Å². The van der Waals surface area contributed by atoms with Crippen LogP contribution in [0.1, 0.15) is 12.5 Å². The highest BCUT2D eigenvalue weighted by Gasteiger charge is 2.12. The summed E-state index contributed by atoms with van der Waals surface area (Å²) in [4.78, 5) is 0. The lowest BCUT2D eigenvalue weighted by molar-refractivity contribution is 0.586. The summed E-state index contributed by atoms with van der Waals surface area (Å²) in [5.41, 5.74) is 6.85. The Morgan fingerprint density at radius 3 is 2.69 bits per heavy atom. The molecular weight excluding hydrogens is 210 g/mol. The topological polar surface area (TPSA) is 30.9 Å². The zero-order valence-corrected chi connectivity index (χ0v) is 9.13. The first-order chi connectivity index (χ1) is 7.67. The van der Waals surface area contributed by atoms with Crippen molar-refractivity contribution in [2.24, 2.45) is 5.73 Å². The maximum absolute atomic E-state index is 13.7. The highest BCUT2D eigenvalue weighted by atomic mass is 19.1. The maximum atomic E-state index is 13.7. The molecule has 1 aromatic carbocycles. The van der Waals surface area contributed by atoms with Crippen molar-refractivity contribution in [2.75, 3.05) is 6.54 Å². The molecule has 0 bridgehead atoms. The zero-order chi connectivity index (χ0) is 11.7. The standard InChI is InChI=1S/C12H14F2N2/c1-2-16-7-8(3-4-15)10-5-9(13)6-11(14)12(10)16/h5-7H,2-4,15H2,1H3. The molecule has 1 aromatic heterocycles. The van der Waals surface area contributed by atoms with Gasteiger partial charge >= 0.3 is 0 Å². The van der Waals surface area contributed by atoms with Gasteiger partial charge in [-0.2, -0.15) is 0 Å². The first kappa shape index (κ1) is 11.1. The number of nitrogens with two attached hydrogens (primary N) is 1. The van der Waals surface area contributed by atoms with Gasteiger partial charge in [-0.1, -0.05) is 0 Å². The Labute approximate surface area is 92.7 Å². The molecular formula is C12H14F2N2. The van der Waals surface area contributed by atoms with Gasteiger partial charge in [0.25, 0.3) is 0 Å². The van der Waals surface area contributed by atoms with Crippen LogP contribution in [0.5, 0.6) is 0 Å². The van der Waals surface area contributed by atoms with Crippen LogP contribution >= 0.6 is 0 Å². The number of fused-ring (bicyclic) bond motifs is 1. The quantitative estimate of drug-likeness (QED) is 0.853. The van der Waals surface area contributed by atoms with E-state index in [9.17, 15) is 8.78 Å². The lowest BCUT2D eigenvalue weighted by atomic mass is 10.1. The van der Waals surface area contributed by atoms with E-state index in [1.165, 1.54) is 6.07 Å². The lowest BCUT2D eigenvalue weighted by Crippen LogP contribution is -2.02. The highest BCUT2D eigenvalue weighted by molar-refractivity contribution is 5.84. The van der Waals surface area contributed by atoms with Crippen molar-refractivity contribution in [2.45, 2.75) is 19.9 Å². The van der Waals surface area contributed by atoms with Crippen LogP contribution in [-0.2, 0) is 13.0 Å². The molecule has 0 saturated carbocycles. The summed E-state index contributed by atoms with van der Waals surface area (Å²) in [6.07, 6.45) is 2.48. The molecule has 16 heavy (non-hydrogen) atoms. The molecule has 2 rings (SSSR count). The Morgan fingerprint density at radius 1 is 1.31 bits per heavy atom. The highest BCUT2D eigenvalue weighted by Crippen LogP contribution is 2.25. The van der Waals surface area contributed by atoms with E-state index in [0.29, 0.717) is 30.4 Å². The molecule has 86 valence electrons. The molecule has 0 atom stereocenters. The fraction of sp³-hybridized carbons (Fsp3) is 0.333. The molecule has 0 unspecified atom stereocenters. The third-order valence-electron chi connectivity index (χ3n) is 2.73. The molecule has 0 saturated heterocycles. The van der Waals surface area contributed by atoms with Gasteiger partial charge in [-0.05, 0) is 31.5 Å². The maximum Gasteiger partial charge on any atom is 0.150 e. The summed E-state index contributed by atoms with van der Waals surface area (Å²) in [5, 5.41) is 0.629. The zero-order valence-electron chi connectivity index (χ0n) is 9.13. The van der Waals surface area contributed by atoms with Crippen LogP contribution in [0.4, 0.5) is 8.78 Å². The van der Waals surface area contributed by atoms with Crippen molar-refractivity contribution in [3.63, 3.8) is 0 Å². The first-order valence-electron chi connectivity index (χ1n) is 5.34. The van der Waals surface area contributed by atoms with Crippen LogP contribution in [0.2, 0.25) is 0 Å². The average Bonchev–Trinajstić information content (AvgIpc) is 2.57. The van der Waals surface area contributed by atoms with Crippen LogP contribution in [-0.4, -0.2) is 11.1 Å². The summed E-state index contributed by atoms with van der Waals surface area (Å²) in [6.45, 7) is 3.05. The Balaban J connectivity index is 2.74. The van der Waals surface area contributed by atoms with Crippen LogP contribution in [0.25, 0.3) is 10.9 Å². The molecule has 0 aliphatic heterocycles. The fourth-order valence-electron chi connectivity index (χ4n) is 2.03. The Hall–Kier alpha value is -1.42. The van der Waals surface area contributed by atoms with Crippen LogP contribution in [0.3, 0.4) is 0 Å². The molecule has 4 heteroatoms. The number of rotatable bonds is 3. The smallest absolute Gasteiger partial charge is 0.150 e. The van der Waals surface area contributed by atoms with Gasteiger partial charge < -0.3 is 10.3 Å². The monoisotopic (exact) mass is 224 g/mol. The van der Waals surface area contributed by atoms with Crippen LogP contribution in [0, 0.1) is 11.6 Å². The van der Waals surface area contributed by atoms with E-state index >= 15 is 0 Å². The van der Waals surface area contributed by atoms with E-state index in [1.807, 2.05) is 13.1 Å². The van der Waals surface area contributed by atoms with Gasteiger partial charge in [-0.25, -0.2) is 8.78 Å². The van der Waals surface area contributed by atoms with E-state index in [-0.39, 0.29) is 0 Å². The summed E-state index contributed by atoms with van der Waals surface area (Å²) >= 11 is 0. The summed E-state index contributed by atoms with van der Waals surface area (Å²) < 4.78 is 28.6. The van der Waals surface area contributed by atoms with Crippen molar-refractivity contribution in [3.8, 4) is 0 Å². The van der Waals surface area contributed by atoms with E-state index in [4.69, 9.17) is 5.73 Å². The summed E-state index contributed by atoms with van der Waals surface area (Å²) in [5.74, 6) is -1.06. The minimum atomic E-state index is -0.544. The van der Waals surface area contributed by atoms with E-state index < -0.39 is 11.6 Å². The molecule has 0 aliphatic rings. The molecule has 0 amide bonds. The Morgan fingerprint density at radius 2 is 2.06 bits per heavy atom. The molecule has 0 radical (unpaired) electrons. The van der Waals surface area contributed by atoms with Gasteiger partial charge in [0, 0.05) is 24.2 Å². The van der Waals surface area contributed by atoms with Crippen molar-refractivity contribution >= 4 is 10.9 Å². The second kappa shape index (κ2) is 4.22. The molecule has 2 aromatic rings. The second-order valence-electron chi connectivity index (χ2n) is 3.76. The van der Waals surface area contributed by atoms with Crippen molar-refractivity contribution in [1.29, 1.82) is 0 Å². The van der Waals surface area contributed by atoms with Gasteiger partial charge in [0.2, 0.25) is 0 Å². The third kappa shape index (κ3) is 1.69. The van der Waals surface area contributed by atoms with Crippen LogP contribution in [0.15, 0.2) is 18.3 Å². The van der Waals surface area contributed by atoms with E-state index in [1.54, 1.807) is 4.57 Å². The molecule has 1 heterocycles. The number of hydrogen-bond donors (Lipinski definition) is 1. The van der Waals surface area contributed by atoms with E-state index in [2.05, 4.69) is 0 Å². The largest absolute Gasteiger partial charge is 0.345 e. The number of benzene rings is 1. The predicted molar refractivity (Wildman–Crippen MR) is 60.3 cm³/mol. The molecule has 0 fully saturated rings. The second-order valence-corrected chi connectivity index (χ2v) is 3.76. The van der Waals surface area contributed by atoms with Gasteiger partial charge in [0.15, 0.2) is 0 Å². The number of hydrogen-bond acceptors (Lipinski definition) is 1. The van der Waals surface area contributed by atoms with E-state index in [0.717, 1.165) is 11.6 Å². The number of aromatic nitrogens is 1. The van der Waals surface area contributed by atoms with Gasteiger partial charge in [-0.3, -0.25) is 0 Å². The molecule has 0 aliphatic carbocycles. The van der Waals surface area contributed by atoms with Crippen molar-refractivity contribution < 1.29 is 8.78 Å². The fourth-order valence-corrected chi connectivity index (χ4v) is 2.03. The normalized spacial score (nSPS) is 11.2. The first-order valence-corrected chi connectivity index (χ1v) is 5.34. The average molecular weight is 224 g/mol. The number of halogens is 2.